The molecule has 0 unspecified atom stereocenters. The highest BCUT2D eigenvalue weighted by Gasteiger charge is 2.24. The van der Waals surface area contributed by atoms with E-state index in [1.165, 1.54) is 31.4 Å². The van der Waals surface area contributed by atoms with Crippen LogP contribution in [-0.2, 0) is 9.84 Å². The first kappa shape index (κ1) is 20.1. The fourth-order valence-electron chi connectivity index (χ4n) is 2.17. The molecule has 0 aliphatic heterocycles. The second-order valence-electron chi connectivity index (χ2n) is 5.04. The summed E-state index contributed by atoms with van der Waals surface area (Å²) in [5.74, 6) is 0.947. The molecule has 0 radical (unpaired) electrons. The van der Waals surface area contributed by atoms with Crippen LogP contribution in [0.15, 0.2) is 46.2 Å². The monoisotopic (exact) mass is 411 g/mol. The summed E-state index contributed by atoms with van der Waals surface area (Å²) in [6.07, 6.45) is 1.24. The molecule has 5 nitrogen and oxygen atoms in total. The Balaban J connectivity index is 2.56. The molecule has 26 heavy (non-hydrogen) atoms. The molecule has 0 spiro atoms. The highest BCUT2D eigenvalue weighted by molar-refractivity contribution is 7.95. The zero-order valence-corrected chi connectivity index (χ0v) is 16.3. The van der Waals surface area contributed by atoms with E-state index < -0.39 is 14.7 Å². The molecule has 0 amide bonds. The van der Waals surface area contributed by atoms with Gasteiger partial charge in [-0.1, -0.05) is 29.3 Å². The predicted molar refractivity (Wildman–Crippen MR) is 101 cm³/mol. The number of nitrogens with zero attached hydrogens (tertiary/aromatic N) is 1. The Morgan fingerprint density at radius 3 is 2.54 bits per heavy atom. The van der Waals surface area contributed by atoms with Crippen LogP contribution in [0.25, 0.3) is 6.08 Å². The topological polar surface area (TPSA) is 76.4 Å². The van der Waals surface area contributed by atoms with Gasteiger partial charge >= 0.3 is 0 Å². The van der Waals surface area contributed by atoms with Gasteiger partial charge in [-0.25, -0.2) is 8.42 Å². The first-order valence-corrected chi connectivity index (χ1v) is 9.70. The van der Waals surface area contributed by atoms with Crippen molar-refractivity contribution in [3.63, 3.8) is 0 Å². The van der Waals surface area contributed by atoms with Gasteiger partial charge in [0, 0.05) is 5.02 Å². The number of sulfone groups is 1. The lowest BCUT2D eigenvalue weighted by Gasteiger charge is -2.10. The smallest absolute Gasteiger partial charge is 0.218 e. The molecule has 2 aromatic carbocycles. The van der Waals surface area contributed by atoms with Crippen molar-refractivity contribution in [3.05, 3.63) is 56.9 Å². The van der Waals surface area contributed by atoms with Gasteiger partial charge in [-0.15, -0.1) is 0 Å². The summed E-state index contributed by atoms with van der Waals surface area (Å²) in [6, 6.07) is 10.6. The fraction of sp³-hybridized carbons (Fsp3) is 0.167. The molecular formula is C18H15Cl2NO4S. The molecule has 0 N–H and O–H groups in total. The lowest BCUT2D eigenvalue weighted by Crippen LogP contribution is -2.04. The third-order valence-corrected chi connectivity index (χ3v) is 5.75. The minimum Gasteiger partial charge on any atom is -0.493 e. The molecule has 2 aromatic rings. The molecule has 0 aromatic heterocycles. The van der Waals surface area contributed by atoms with Crippen LogP contribution in [0.1, 0.15) is 12.5 Å². The summed E-state index contributed by atoms with van der Waals surface area (Å²) in [5, 5.41) is 9.58. The van der Waals surface area contributed by atoms with Crippen molar-refractivity contribution in [1.29, 1.82) is 5.26 Å². The molecule has 0 aliphatic carbocycles. The third kappa shape index (κ3) is 4.31. The molecule has 0 saturated heterocycles. The van der Waals surface area contributed by atoms with Crippen LogP contribution in [0.3, 0.4) is 0 Å². The first-order valence-electron chi connectivity index (χ1n) is 7.46. The van der Waals surface area contributed by atoms with Gasteiger partial charge in [-0.2, -0.15) is 5.26 Å². The average Bonchev–Trinajstić information content (AvgIpc) is 2.62. The Labute approximate surface area is 162 Å². The van der Waals surface area contributed by atoms with E-state index in [2.05, 4.69) is 0 Å². The van der Waals surface area contributed by atoms with Crippen molar-refractivity contribution in [2.45, 2.75) is 11.8 Å². The molecule has 0 heterocycles. The van der Waals surface area contributed by atoms with E-state index in [9.17, 15) is 13.7 Å². The summed E-state index contributed by atoms with van der Waals surface area (Å²) in [6.45, 7) is 2.22. The van der Waals surface area contributed by atoms with Crippen molar-refractivity contribution in [1.82, 2.24) is 0 Å². The quantitative estimate of drug-likeness (QED) is 0.641. The number of hydrogen-bond donors (Lipinski definition) is 0. The van der Waals surface area contributed by atoms with Crippen molar-refractivity contribution >= 4 is 39.1 Å². The number of benzene rings is 2. The maximum atomic E-state index is 12.8. The van der Waals surface area contributed by atoms with Crippen LogP contribution in [0, 0.1) is 11.3 Å². The van der Waals surface area contributed by atoms with Gasteiger partial charge in [0.05, 0.1) is 23.6 Å². The van der Waals surface area contributed by atoms with Crippen LogP contribution >= 0.6 is 23.2 Å². The fourth-order valence-corrected chi connectivity index (χ4v) is 4.09. The number of nitriles is 1. The van der Waals surface area contributed by atoms with Crippen molar-refractivity contribution in [2.24, 2.45) is 0 Å². The Morgan fingerprint density at radius 1 is 1.19 bits per heavy atom. The van der Waals surface area contributed by atoms with Crippen molar-refractivity contribution in [3.8, 4) is 17.6 Å². The molecule has 2 rings (SSSR count). The number of methoxy groups -OCH3 is 1. The zero-order chi connectivity index (χ0) is 19.3. The molecule has 0 atom stereocenters. The second kappa shape index (κ2) is 8.45. The van der Waals surface area contributed by atoms with Gasteiger partial charge < -0.3 is 9.47 Å². The third-order valence-electron chi connectivity index (χ3n) is 3.37. The van der Waals surface area contributed by atoms with Crippen LogP contribution in [0.5, 0.6) is 11.5 Å². The van der Waals surface area contributed by atoms with Crippen molar-refractivity contribution in [2.75, 3.05) is 13.7 Å². The summed E-state index contributed by atoms with van der Waals surface area (Å²) in [5.41, 5.74) is 0.465. The average molecular weight is 412 g/mol. The van der Waals surface area contributed by atoms with Crippen LogP contribution < -0.4 is 9.47 Å². The summed E-state index contributed by atoms with van der Waals surface area (Å²) in [7, 11) is -2.63. The molecule has 0 bridgehead atoms. The number of halogens is 2. The van der Waals surface area contributed by atoms with E-state index >= 15 is 0 Å². The predicted octanol–water partition coefficient (Wildman–Crippen LogP) is 4.74. The molecule has 8 heteroatoms. The number of ether oxygens (including phenoxy) is 2. The molecule has 0 fully saturated rings. The van der Waals surface area contributed by atoms with E-state index in [0.717, 1.165) is 0 Å². The van der Waals surface area contributed by atoms with Gasteiger partial charge in [0.25, 0.3) is 0 Å². The van der Waals surface area contributed by atoms with E-state index in [0.29, 0.717) is 23.7 Å². The maximum Gasteiger partial charge on any atom is 0.218 e. The van der Waals surface area contributed by atoms with Gasteiger partial charge in [-0.05, 0) is 48.9 Å². The maximum absolute atomic E-state index is 12.8. The van der Waals surface area contributed by atoms with E-state index in [1.807, 2.05) is 6.92 Å². The SMILES string of the molecule is CCOc1cc(/C=C(\C#N)S(=O)(=O)c2cc(Cl)ccc2Cl)ccc1OC. The lowest BCUT2D eigenvalue weighted by molar-refractivity contribution is 0.311. The zero-order valence-electron chi connectivity index (χ0n) is 14.0. The summed E-state index contributed by atoms with van der Waals surface area (Å²) in [4.78, 5) is -0.688. The van der Waals surface area contributed by atoms with E-state index in [4.69, 9.17) is 32.7 Å². The molecular weight excluding hydrogens is 397 g/mol. The van der Waals surface area contributed by atoms with Crippen LogP contribution in [-0.4, -0.2) is 22.1 Å². The Kier molecular flexibility index (Phi) is 6.54. The second-order valence-corrected chi connectivity index (χ2v) is 7.77. The Hall–Kier alpha value is -2.20. The molecule has 0 saturated carbocycles. The first-order chi connectivity index (χ1) is 12.3. The highest BCUT2D eigenvalue weighted by atomic mass is 35.5. The Bertz CT molecular complexity index is 995. The normalized spacial score (nSPS) is 11.7. The summed E-state index contributed by atoms with van der Waals surface area (Å²) >= 11 is 11.8. The minimum absolute atomic E-state index is 0.0136. The standard InChI is InChI=1S/C18H15Cl2NO4S/c1-3-25-17-9-12(4-7-16(17)24-2)8-14(11-21)26(22,23)18-10-13(19)5-6-15(18)20/h4-10H,3H2,1-2H3/b14-8+. The number of allylic oxidation sites excluding steroid dienone is 1. The van der Waals surface area contributed by atoms with Gasteiger partial charge in [-0.3, -0.25) is 0 Å². The molecule has 136 valence electrons. The number of rotatable bonds is 6. The van der Waals surface area contributed by atoms with Gasteiger partial charge in [0.1, 0.15) is 11.0 Å². The van der Waals surface area contributed by atoms with Gasteiger partial charge in [0.15, 0.2) is 11.5 Å². The highest BCUT2D eigenvalue weighted by Crippen LogP contribution is 2.32. The lowest BCUT2D eigenvalue weighted by atomic mass is 10.2. The molecule has 0 aliphatic rings. The summed E-state index contributed by atoms with van der Waals surface area (Å²) < 4.78 is 36.2. The Morgan fingerprint density at radius 2 is 1.92 bits per heavy atom. The van der Waals surface area contributed by atoms with Crippen molar-refractivity contribution < 1.29 is 17.9 Å². The number of hydrogen-bond acceptors (Lipinski definition) is 5. The van der Waals surface area contributed by atoms with Crippen LogP contribution in [0.2, 0.25) is 10.0 Å². The van der Waals surface area contributed by atoms with Crippen LogP contribution in [0.4, 0.5) is 0 Å². The largest absolute Gasteiger partial charge is 0.493 e. The van der Waals surface area contributed by atoms with Gasteiger partial charge in [0.2, 0.25) is 9.84 Å². The van der Waals surface area contributed by atoms with E-state index in [1.54, 1.807) is 24.3 Å². The minimum atomic E-state index is -4.13. The van der Waals surface area contributed by atoms with E-state index in [-0.39, 0.29) is 14.9 Å².